The SMILES string of the molecule is CC[C@H](C)NC(=O)[C@@H](Cc1ccccc1)N(Cc1ccc(F)cc1)C(=O)CN(c1ccc(C(C)(C)C)cc1)S(C)(=O)=O. The summed E-state index contributed by atoms with van der Waals surface area (Å²) in [6.07, 6.45) is 1.97. The van der Waals surface area contributed by atoms with E-state index < -0.39 is 34.3 Å². The normalized spacial score (nSPS) is 13.2. The van der Waals surface area contributed by atoms with Crippen LogP contribution in [0.3, 0.4) is 0 Å². The monoisotopic (exact) mass is 595 g/mol. The third-order valence-electron chi connectivity index (χ3n) is 7.24. The molecule has 3 aromatic carbocycles. The Morgan fingerprint density at radius 1 is 0.905 bits per heavy atom. The molecule has 226 valence electrons. The number of hydrogen-bond donors (Lipinski definition) is 1. The van der Waals surface area contributed by atoms with Gasteiger partial charge in [-0.1, -0.05) is 82.3 Å². The third kappa shape index (κ3) is 9.14. The van der Waals surface area contributed by atoms with Gasteiger partial charge in [-0.05, 0) is 59.7 Å². The number of nitrogens with one attached hydrogen (secondary N) is 1. The summed E-state index contributed by atoms with van der Waals surface area (Å²) < 4.78 is 40.7. The second kappa shape index (κ2) is 14.0. The second-order valence-electron chi connectivity index (χ2n) is 11.7. The summed E-state index contributed by atoms with van der Waals surface area (Å²) in [6.45, 7) is 9.51. The van der Waals surface area contributed by atoms with Crippen LogP contribution in [-0.2, 0) is 38.0 Å². The highest BCUT2D eigenvalue weighted by molar-refractivity contribution is 7.92. The van der Waals surface area contributed by atoms with E-state index in [1.54, 1.807) is 24.3 Å². The predicted molar refractivity (Wildman–Crippen MR) is 166 cm³/mol. The van der Waals surface area contributed by atoms with Crippen LogP contribution in [0.2, 0.25) is 0 Å². The number of amides is 2. The van der Waals surface area contributed by atoms with Crippen molar-refractivity contribution in [2.45, 2.75) is 71.5 Å². The minimum absolute atomic E-state index is 0.00883. The lowest BCUT2D eigenvalue weighted by Gasteiger charge is -2.34. The number of nitrogens with zero attached hydrogens (tertiary/aromatic N) is 2. The van der Waals surface area contributed by atoms with Gasteiger partial charge in [-0.3, -0.25) is 13.9 Å². The molecule has 0 saturated heterocycles. The molecule has 2 atom stereocenters. The van der Waals surface area contributed by atoms with E-state index in [9.17, 15) is 22.4 Å². The summed E-state index contributed by atoms with van der Waals surface area (Å²) in [5.74, 6) is -1.32. The minimum atomic E-state index is -3.87. The first-order chi connectivity index (χ1) is 19.7. The third-order valence-corrected chi connectivity index (χ3v) is 8.38. The Bertz CT molecular complexity index is 1440. The lowest BCUT2D eigenvalue weighted by Crippen LogP contribution is -2.54. The van der Waals surface area contributed by atoms with Crippen LogP contribution in [0, 0.1) is 5.82 Å². The van der Waals surface area contributed by atoms with E-state index >= 15 is 0 Å². The summed E-state index contributed by atoms with van der Waals surface area (Å²) in [5.41, 5.74) is 2.69. The molecule has 7 nitrogen and oxygen atoms in total. The van der Waals surface area contributed by atoms with Crippen LogP contribution in [0.15, 0.2) is 78.9 Å². The first-order valence-electron chi connectivity index (χ1n) is 14.2. The van der Waals surface area contributed by atoms with Gasteiger partial charge in [-0.2, -0.15) is 0 Å². The van der Waals surface area contributed by atoms with Crippen LogP contribution in [0.1, 0.15) is 57.7 Å². The Balaban J connectivity index is 2.05. The fourth-order valence-electron chi connectivity index (χ4n) is 4.52. The van der Waals surface area contributed by atoms with E-state index in [0.29, 0.717) is 17.7 Å². The van der Waals surface area contributed by atoms with Crippen molar-refractivity contribution in [1.82, 2.24) is 10.2 Å². The maximum atomic E-state index is 14.1. The van der Waals surface area contributed by atoms with Crippen LogP contribution >= 0.6 is 0 Å². The number of anilines is 1. The molecule has 0 heterocycles. The number of sulfonamides is 1. The van der Waals surface area contributed by atoms with Crippen LogP contribution in [0.5, 0.6) is 0 Å². The molecule has 0 aromatic heterocycles. The van der Waals surface area contributed by atoms with Crippen molar-refractivity contribution in [2.24, 2.45) is 0 Å². The molecule has 0 fully saturated rings. The van der Waals surface area contributed by atoms with Crippen molar-refractivity contribution in [3.05, 3.63) is 101 Å². The largest absolute Gasteiger partial charge is 0.352 e. The van der Waals surface area contributed by atoms with Gasteiger partial charge in [-0.25, -0.2) is 12.8 Å². The standard InChI is InChI=1S/C33H42FN3O4S/c1-7-24(2)35-32(39)30(21-25-11-9-8-10-12-25)36(22-26-13-17-28(34)18-14-26)31(38)23-37(42(6,40)41)29-19-15-27(16-20-29)33(3,4)5/h8-20,24,30H,7,21-23H2,1-6H3,(H,35,39)/t24-,30+/m0/s1. The van der Waals surface area contributed by atoms with Gasteiger partial charge in [0, 0.05) is 19.0 Å². The van der Waals surface area contributed by atoms with Crippen LogP contribution in [0.4, 0.5) is 10.1 Å². The van der Waals surface area contributed by atoms with Crippen LogP contribution < -0.4 is 9.62 Å². The molecule has 0 aliphatic rings. The van der Waals surface area contributed by atoms with E-state index in [0.717, 1.165) is 21.7 Å². The van der Waals surface area contributed by atoms with Gasteiger partial charge in [0.15, 0.2) is 0 Å². The average molecular weight is 596 g/mol. The van der Waals surface area contributed by atoms with Crippen molar-refractivity contribution >= 4 is 27.5 Å². The van der Waals surface area contributed by atoms with Gasteiger partial charge < -0.3 is 10.2 Å². The maximum absolute atomic E-state index is 14.1. The lowest BCUT2D eigenvalue weighted by atomic mass is 9.87. The zero-order valence-corrected chi connectivity index (χ0v) is 26.1. The Morgan fingerprint density at radius 2 is 1.50 bits per heavy atom. The topological polar surface area (TPSA) is 86.8 Å². The first kappa shape index (κ1) is 32.8. The molecule has 3 aromatic rings. The van der Waals surface area contributed by atoms with Gasteiger partial charge in [0.2, 0.25) is 21.8 Å². The lowest BCUT2D eigenvalue weighted by molar-refractivity contribution is -0.140. The van der Waals surface area contributed by atoms with Crippen molar-refractivity contribution in [1.29, 1.82) is 0 Å². The highest BCUT2D eigenvalue weighted by Gasteiger charge is 2.33. The smallest absolute Gasteiger partial charge is 0.244 e. The zero-order valence-electron chi connectivity index (χ0n) is 25.3. The average Bonchev–Trinajstić information content (AvgIpc) is 2.94. The molecule has 3 rings (SSSR count). The summed E-state index contributed by atoms with van der Waals surface area (Å²) in [7, 11) is -3.87. The molecule has 1 N–H and O–H groups in total. The van der Waals surface area contributed by atoms with Crippen molar-refractivity contribution in [2.75, 3.05) is 17.1 Å². The predicted octanol–water partition coefficient (Wildman–Crippen LogP) is 5.44. The highest BCUT2D eigenvalue weighted by atomic mass is 32.2. The second-order valence-corrected chi connectivity index (χ2v) is 13.6. The number of carbonyl (C=O) groups excluding carboxylic acids is 2. The van der Waals surface area contributed by atoms with E-state index in [-0.39, 0.29) is 30.3 Å². The van der Waals surface area contributed by atoms with Crippen LogP contribution in [0.25, 0.3) is 0 Å². The molecular weight excluding hydrogens is 553 g/mol. The van der Waals surface area contributed by atoms with Gasteiger partial charge >= 0.3 is 0 Å². The Kier molecular flexibility index (Phi) is 10.9. The number of benzene rings is 3. The van der Waals surface area contributed by atoms with E-state index in [1.165, 1.54) is 17.0 Å². The molecule has 0 saturated carbocycles. The molecular formula is C33H42FN3O4S. The van der Waals surface area contributed by atoms with Crippen molar-refractivity contribution in [3.63, 3.8) is 0 Å². The molecule has 42 heavy (non-hydrogen) atoms. The molecule has 0 unspecified atom stereocenters. The molecule has 0 spiro atoms. The summed E-state index contributed by atoms with van der Waals surface area (Å²) in [5, 5.41) is 2.99. The fourth-order valence-corrected chi connectivity index (χ4v) is 5.37. The fraction of sp³-hybridized carbons (Fsp3) is 0.394. The van der Waals surface area contributed by atoms with Crippen LogP contribution in [-0.4, -0.2) is 50.0 Å². The Labute approximate surface area is 249 Å². The summed E-state index contributed by atoms with van der Waals surface area (Å²) in [4.78, 5) is 29.2. The first-order valence-corrected chi connectivity index (χ1v) is 16.0. The minimum Gasteiger partial charge on any atom is -0.352 e. The van der Waals surface area contributed by atoms with Gasteiger partial charge in [0.05, 0.1) is 11.9 Å². The number of halogens is 1. The zero-order chi connectivity index (χ0) is 31.1. The molecule has 0 aliphatic carbocycles. The molecule has 0 radical (unpaired) electrons. The number of carbonyl (C=O) groups is 2. The Morgan fingerprint density at radius 3 is 2.02 bits per heavy atom. The van der Waals surface area contributed by atoms with Gasteiger partial charge in [-0.15, -0.1) is 0 Å². The van der Waals surface area contributed by atoms with Crippen molar-refractivity contribution in [3.8, 4) is 0 Å². The number of hydrogen-bond acceptors (Lipinski definition) is 4. The quantitative estimate of drug-likeness (QED) is 0.302. The van der Waals surface area contributed by atoms with E-state index in [4.69, 9.17) is 0 Å². The molecule has 0 aliphatic heterocycles. The number of rotatable bonds is 12. The van der Waals surface area contributed by atoms with Gasteiger partial charge in [0.1, 0.15) is 18.4 Å². The summed E-state index contributed by atoms with van der Waals surface area (Å²) >= 11 is 0. The maximum Gasteiger partial charge on any atom is 0.244 e. The molecule has 9 heteroatoms. The molecule has 2 amide bonds. The van der Waals surface area contributed by atoms with Gasteiger partial charge in [0.25, 0.3) is 0 Å². The summed E-state index contributed by atoms with van der Waals surface area (Å²) in [6, 6.07) is 21.1. The highest BCUT2D eigenvalue weighted by Crippen LogP contribution is 2.26. The van der Waals surface area contributed by atoms with E-state index in [1.807, 2.05) is 56.3 Å². The Hall–Kier alpha value is -3.72. The molecule has 0 bridgehead atoms. The van der Waals surface area contributed by atoms with Crippen molar-refractivity contribution < 1.29 is 22.4 Å². The van der Waals surface area contributed by atoms with E-state index in [2.05, 4.69) is 26.1 Å².